The normalized spacial score (nSPS) is 20.1. The van der Waals surface area contributed by atoms with Gasteiger partial charge in [0.1, 0.15) is 0 Å². The minimum absolute atomic E-state index is 0.00443. The molecule has 1 aliphatic carbocycles. The maximum atomic E-state index is 12.4. The van der Waals surface area contributed by atoms with Crippen LogP contribution in [0.25, 0.3) is 28.1 Å². The SMILES string of the molecule is CN1C=C(c2cccc(-c3ncc(-c4cnn(C5CCC(C(=O)NCC(C)(C)O)CC5)c4)cn3)c2)CN1. The number of hydrazine groups is 1. The van der Waals surface area contributed by atoms with Gasteiger partial charge < -0.3 is 15.4 Å². The molecule has 9 nitrogen and oxygen atoms in total. The second-order valence-corrected chi connectivity index (χ2v) is 10.7. The standard InChI is InChI=1S/C28H35N7O2/c1-28(2,37)18-31-27(36)19-7-9-25(10-8-19)35-17-24(15-33-35)22-12-29-26(30-13-22)21-6-4-5-20(11-21)23-14-32-34(3)16-23/h4-6,11-13,15-17,19,25,32,37H,7-10,14,18H2,1-3H3,(H,31,36). The van der Waals surface area contributed by atoms with Crippen molar-refractivity contribution in [2.45, 2.75) is 51.2 Å². The quantitative estimate of drug-likeness (QED) is 0.455. The van der Waals surface area contributed by atoms with E-state index < -0.39 is 5.60 Å². The van der Waals surface area contributed by atoms with E-state index in [1.54, 1.807) is 13.8 Å². The van der Waals surface area contributed by atoms with Gasteiger partial charge in [0.25, 0.3) is 0 Å². The van der Waals surface area contributed by atoms with Crippen molar-refractivity contribution in [1.82, 2.24) is 35.5 Å². The molecule has 0 radical (unpaired) electrons. The van der Waals surface area contributed by atoms with Crippen molar-refractivity contribution in [3.8, 4) is 22.5 Å². The fourth-order valence-corrected chi connectivity index (χ4v) is 4.93. The molecule has 1 saturated carbocycles. The molecule has 0 unspecified atom stereocenters. The van der Waals surface area contributed by atoms with Crippen LogP contribution in [-0.4, -0.2) is 61.5 Å². The number of aromatic nitrogens is 4. The molecule has 3 aromatic rings. The molecule has 1 aromatic carbocycles. The van der Waals surface area contributed by atoms with Crippen LogP contribution in [0.1, 0.15) is 51.1 Å². The third kappa shape index (κ3) is 6.06. The highest BCUT2D eigenvalue weighted by atomic mass is 16.3. The minimum atomic E-state index is -0.896. The number of amides is 1. The Morgan fingerprint density at radius 3 is 2.49 bits per heavy atom. The molecular formula is C28H35N7O2. The Morgan fingerprint density at radius 1 is 1.08 bits per heavy atom. The molecule has 2 aliphatic rings. The fraction of sp³-hybridized carbons (Fsp3) is 0.429. The second kappa shape index (κ2) is 10.4. The fourth-order valence-electron chi connectivity index (χ4n) is 4.93. The predicted octanol–water partition coefficient (Wildman–Crippen LogP) is 3.42. The zero-order valence-electron chi connectivity index (χ0n) is 21.7. The topological polar surface area (TPSA) is 108 Å². The summed E-state index contributed by atoms with van der Waals surface area (Å²) < 4.78 is 2.01. The van der Waals surface area contributed by atoms with Gasteiger partial charge in [-0.1, -0.05) is 18.2 Å². The van der Waals surface area contributed by atoms with Gasteiger partial charge in [0, 0.05) is 67.5 Å². The van der Waals surface area contributed by atoms with Crippen molar-refractivity contribution >= 4 is 11.5 Å². The van der Waals surface area contributed by atoms with Crippen LogP contribution >= 0.6 is 0 Å². The largest absolute Gasteiger partial charge is 0.389 e. The van der Waals surface area contributed by atoms with Gasteiger partial charge in [0.2, 0.25) is 5.91 Å². The molecule has 194 valence electrons. The lowest BCUT2D eigenvalue weighted by Crippen LogP contribution is -2.41. The van der Waals surface area contributed by atoms with Crippen molar-refractivity contribution in [2.75, 3.05) is 20.1 Å². The molecule has 3 N–H and O–H groups in total. The number of nitrogens with one attached hydrogen (secondary N) is 2. The average molecular weight is 502 g/mol. The van der Waals surface area contributed by atoms with Gasteiger partial charge in [0.05, 0.1) is 17.8 Å². The van der Waals surface area contributed by atoms with Crippen molar-refractivity contribution in [1.29, 1.82) is 0 Å². The van der Waals surface area contributed by atoms with Gasteiger partial charge in [-0.3, -0.25) is 9.48 Å². The Bertz CT molecular complexity index is 1270. The number of nitrogens with zero attached hydrogens (tertiary/aromatic N) is 5. The monoisotopic (exact) mass is 501 g/mol. The summed E-state index contributed by atoms with van der Waals surface area (Å²) in [5.41, 5.74) is 7.66. The van der Waals surface area contributed by atoms with Crippen LogP contribution in [-0.2, 0) is 4.79 Å². The number of aliphatic hydroxyl groups is 1. The van der Waals surface area contributed by atoms with Crippen LogP contribution in [0.15, 0.2) is 55.3 Å². The van der Waals surface area contributed by atoms with Gasteiger partial charge >= 0.3 is 0 Å². The number of carbonyl (C=O) groups is 1. The summed E-state index contributed by atoms with van der Waals surface area (Å²) in [5.74, 6) is 0.725. The van der Waals surface area contributed by atoms with E-state index in [9.17, 15) is 9.90 Å². The van der Waals surface area contributed by atoms with Crippen molar-refractivity contribution < 1.29 is 9.90 Å². The summed E-state index contributed by atoms with van der Waals surface area (Å²) in [6, 6.07) is 8.57. The maximum Gasteiger partial charge on any atom is 0.223 e. The van der Waals surface area contributed by atoms with Gasteiger partial charge in [-0.25, -0.2) is 15.4 Å². The third-order valence-corrected chi connectivity index (χ3v) is 7.08. The molecule has 3 heterocycles. The molecule has 0 saturated heterocycles. The molecule has 5 rings (SSSR count). The molecule has 2 aromatic heterocycles. The van der Waals surface area contributed by atoms with Crippen LogP contribution in [0, 0.1) is 5.92 Å². The molecular weight excluding hydrogens is 466 g/mol. The van der Waals surface area contributed by atoms with Crippen LogP contribution < -0.4 is 10.7 Å². The van der Waals surface area contributed by atoms with Gasteiger partial charge in [-0.05, 0) is 56.7 Å². The Kier molecular flexibility index (Phi) is 7.08. The lowest BCUT2D eigenvalue weighted by Gasteiger charge is -2.28. The third-order valence-electron chi connectivity index (χ3n) is 7.08. The molecule has 1 fully saturated rings. The zero-order chi connectivity index (χ0) is 26.0. The highest BCUT2D eigenvalue weighted by Crippen LogP contribution is 2.33. The first kappa shape index (κ1) is 25.1. The highest BCUT2D eigenvalue weighted by Gasteiger charge is 2.28. The van der Waals surface area contributed by atoms with Gasteiger partial charge in [-0.15, -0.1) is 0 Å². The Morgan fingerprint density at radius 2 is 1.81 bits per heavy atom. The molecule has 1 aliphatic heterocycles. The van der Waals surface area contributed by atoms with Gasteiger partial charge in [-0.2, -0.15) is 5.10 Å². The first-order valence-electron chi connectivity index (χ1n) is 12.9. The number of benzene rings is 1. The van der Waals surface area contributed by atoms with Crippen LogP contribution in [0.2, 0.25) is 0 Å². The van der Waals surface area contributed by atoms with Crippen LogP contribution in [0.3, 0.4) is 0 Å². The van der Waals surface area contributed by atoms with E-state index in [0.29, 0.717) is 5.82 Å². The Hall–Kier alpha value is -3.56. The van der Waals surface area contributed by atoms with E-state index in [4.69, 9.17) is 0 Å². The maximum absolute atomic E-state index is 12.4. The molecule has 9 heteroatoms. The lowest BCUT2D eigenvalue weighted by molar-refractivity contribution is -0.127. The molecule has 0 spiro atoms. The van der Waals surface area contributed by atoms with E-state index >= 15 is 0 Å². The predicted molar refractivity (Wildman–Crippen MR) is 143 cm³/mol. The average Bonchev–Trinajstić information content (AvgIpc) is 3.57. The van der Waals surface area contributed by atoms with Crippen molar-refractivity contribution in [2.24, 2.45) is 5.92 Å². The number of carbonyl (C=O) groups excluding carboxylic acids is 1. The minimum Gasteiger partial charge on any atom is -0.389 e. The molecule has 0 atom stereocenters. The summed E-state index contributed by atoms with van der Waals surface area (Å²) >= 11 is 0. The second-order valence-electron chi connectivity index (χ2n) is 10.7. The van der Waals surface area contributed by atoms with Crippen LogP contribution in [0.5, 0.6) is 0 Å². The number of rotatable bonds is 7. The summed E-state index contributed by atoms with van der Waals surface area (Å²) in [7, 11) is 1.99. The first-order valence-corrected chi connectivity index (χ1v) is 12.9. The number of hydrogen-bond acceptors (Lipinski definition) is 7. The van der Waals surface area contributed by atoms with E-state index in [0.717, 1.165) is 54.5 Å². The Labute approximate surface area is 217 Å². The van der Waals surface area contributed by atoms with E-state index in [-0.39, 0.29) is 24.4 Å². The first-order chi connectivity index (χ1) is 17.7. The van der Waals surface area contributed by atoms with E-state index in [2.05, 4.69) is 50.3 Å². The Balaban J connectivity index is 1.20. The summed E-state index contributed by atoms with van der Waals surface area (Å²) in [5, 5.41) is 19.3. The molecule has 0 bridgehead atoms. The van der Waals surface area contributed by atoms with Crippen LogP contribution in [0.4, 0.5) is 0 Å². The highest BCUT2D eigenvalue weighted by molar-refractivity contribution is 5.78. The van der Waals surface area contributed by atoms with E-state index in [1.807, 2.05) is 47.5 Å². The summed E-state index contributed by atoms with van der Waals surface area (Å²) in [6.07, 6.45) is 13.1. The molecule has 37 heavy (non-hydrogen) atoms. The van der Waals surface area contributed by atoms with Crippen molar-refractivity contribution in [3.63, 3.8) is 0 Å². The number of hydrogen-bond donors (Lipinski definition) is 3. The summed E-state index contributed by atoms with van der Waals surface area (Å²) in [4.78, 5) is 21.7. The van der Waals surface area contributed by atoms with Crippen molar-refractivity contribution in [3.05, 3.63) is 60.8 Å². The lowest BCUT2D eigenvalue weighted by atomic mass is 9.85. The summed E-state index contributed by atoms with van der Waals surface area (Å²) in [6.45, 7) is 4.47. The smallest absolute Gasteiger partial charge is 0.223 e. The zero-order valence-corrected chi connectivity index (χ0v) is 21.7. The van der Waals surface area contributed by atoms with E-state index in [1.165, 1.54) is 5.57 Å². The van der Waals surface area contributed by atoms with Gasteiger partial charge in [0.15, 0.2) is 5.82 Å². The molecule has 1 amide bonds.